The minimum atomic E-state index is -3.62. The topological polar surface area (TPSA) is 93.1 Å². The lowest BCUT2D eigenvalue weighted by atomic mass is 9.53. The molecule has 2 aliphatic carbocycles. The van der Waals surface area contributed by atoms with Crippen molar-refractivity contribution in [1.29, 1.82) is 0 Å². The Morgan fingerprint density at radius 3 is 2.23 bits per heavy atom. The van der Waals surface area contributed by atoms with Crippen molar-refractivity contribution in [1.82, 2.24) is 4.31 Å². The van der Waals surface area contributed by atoms with Crippen LogP contribution in [0.4, 0.5) is 0 Å². The number of nitrogens with zero attached hydrogens (tertiary/aromatic N) is 2. The third kappa shape index (κ3) is 3.39. The Morgan fingerprint density at radius 2 is 1.73 bits per heavy atom. The number of fused-ring (bicyclic) bond motifs is 2. The molecule has 7 nitrogen and oxygen atoms in total. The second kappa shape index (κ2) is 7.89. The molecule has 1 saturated carbocycles. The number of carbonyl (C=O) groups is 2. The van der Waals surface area contributed by atoms with Crippen LogP contribution in [0, 0.1) is 19.8 Å². The number of ketones is 2. The van der Waals surface area contributed by atoms with Crippen LogP contribution in [0.1, 0.15) is 55.4 Å². The van der Waals surface area contributed by atoms with Crippen molar-refractivity contribution >= 4 is 27.3 Å². The van der Waals surface area contributed by atoms with Crippen molar-refractivity contribution in [3.8, 4) is 0 Å². The third-order valence-corrected chi connectivity index (χ3v) is 8.27. The lowest BCUT2D eigenvalue weighted by Gasteiger charge is -2.49. The van der Waals surface area contributed by atoms with Crippen molar-refractivity contribution in [2.24, 2.45) is 11.1 Å². The summed E-state index contributed by atoms with van der Waals surface area (Å²) < 4.78 is 27.0. The zero-order valence-electron chi connectivity index (χ0n) is 18.5. The van der Waals surface area contributed by atoms with Crippen LogP contribution in [0.25, 0.3) is 0 Å². The summed E-state index contributed by atoms with van der Waals surface area (Å²) in [5.41, 5.74) is 3.09. The van der Waals surface area contributed by atoms with Crippen LogP contribution in [0.3, 0.4) is 0 Å². The highest BCUT2D eigenvalue weighted by Gasteiger charge is 2.55. The van der Waals surface area contributed by atoms with E-state index >= 15 is 0 Å². The van der Waals surface area contributed by atoms with Crippen molar-refractivity contribution in [2.75, 3.05) is 20.7 Å². The fraction of sp³-hybridized carbons (Fsp3) is 0.591. The fourth-order valence-corrected chi connectivity index (χ4v) is 6.39. The Kier molecular flexibility index (Phi) is 5.95. The first-order valence-corrected chi connectivity index (χ1v) is 11.7. The number of oxime groups is 1. The molecule has 1 aromatic carbocycles. The van der Waals surface area contributed by atoms with E-state index in [4.69, 9.17) is 4.84 Å². The number of aryl methyl sites for hydroxylation is 2. The third-order valence-electron chi connectivity index (χ3n) is 6.22. The summed E-state index contributed by atoms with van der Waals surface area (Å²) in [6, 6.07) is 1.85. The minimum absolute atomic E-state index is 0.158. The molecule has 0 N–H and O–H groups in total. The molecule has 1 spiro atoms. The van der Waals surface area contributed by atoms with E-state index in [1.54, 1.807) is 13.8 Å². The molecule has 0 radical (unpaired) electrons. The van der Waals surface area contributed by atoms with Crippen molar-refractivity contribution in [3.05, 3.63) is 28.3 Å². The number of rotatable bonds is 6. The molecule has 1 fully saturated rings. The zero-order chi connectivity index (χ0) is 22.4. The molecule has 0 aromatic heterocycles. The molecule has 0 atom stereocenters. The Morgan fingerprint density at radius 1 is 1.13 bits per heavy atom. The molecule has 0 unspecified atom stereocenters. The van der Waals surface area contributed by atoms with E-state index in [2.05, 4.69) is 5.16 Å². The first-order valence-electron chi connectivity index (χ1n) is 10.3. The average molecular weight is 435 g/mol. The molecule has 3 rings (SSSR count). The highest BCUT2D eigenvalue weighted by molar-refractivity contribution is 7.89. The standard InChI is InChI=1S/C22H30N2O5S/c1-7-16(23-29-8-2)19-17(25)11-22(12-18(19)26)10-15-20(22)13(3)9-14(4)21(15)30(27,28)24(5)6/h9,19H,7-8,10-12H2,1-6H3/b23-16-. The quantitative estimate of drug-likeness (QED) is 0.390. The normalized spacial score (nSPS) is 24.2. The lowest BCUT2D eigenvalue weighted by molar-refractivity contribution is -0.135. The molecule has 0 aliphatic heterocycles. The Hall–Kier alpha value is -2.06. The van der Waals surface area contributed by atoms with E-state index in [1.165, 1.54) is 18.4 Å². The van der Waals surface area contributed by atoms with Gasteiger partial charge in [-0.15, -0.1) is 0 Å². The smallest absolute Gasteiger partial charge is 0.243 e. The van der Waals surface area contributed by atoms with Gasteiger partial charge in [0.2, 0.25) is 10.0 Å². The van der Waals surface area contributed by atoms with Crippen LogP contribution in [0.5, 0.6) is 0 Å². The van der Waals surface area contributed by atoms with E-state index in [9.17, 15) is 18.0 Å². The predicted molar refractivity (Wildman–Crippen MR) is 114 cm³/mol. The molecule has 1 aromatic rings. The zero-order valence-corrected chi connectivity index (χ0v) is 19.4. The van der Waals surface area contributed by atoms with Gasteiger partial charge in [-0.2, -0.15) is 0 Å². The Labute approximate surface area is 178 Å². The molecule has 0 amide bonds. The number of carbonyl (C=O) groups excluding carboxylic acids is 2. The van der Waals surface area contributed by atoms with Gasteiger partial charge in [0.05, 0.1) is 10.6 Å². The van der Waals surface area contributed by atoms with Crippen LogP contribution >= 0.6 is 0 Å². The molecule has 0 bridgehead atoms. The van der Waals surface area contributed by atoms with Gasteiger partial charge in [0.15, 0.2) is 0 Å². The van der Waals surface area contributed by atoms with Crippen LogP contribution < -0.4 is 0 Å². The number of hydrogen-bond donors (Lipinski definition) is 0. The fourth-order valence-electron chi connectivity index (χ4n) is 5.08. The van der Waals surface area contributed by atoms with Crippen molar-refractivity contribution in [3.63, 3.8) is 0 Å². The van der Waals surface area contributed by atoms with E-state index in [1.807, 2.05) is 19.9 Å². The Bertz CT molecular complexity index is 1020. The van der Waals surface area contributed by atoms with Crippen LogP contribution in [0.2, 0.25) is 0 Å². The van der Waals surface area contributed by atoms with Gasteiger partial charge in [-0.1, -0.05) is 18.1 Å². The monoisotopic (exact) mass is 434 g/mol. The number of benzene rings is 1. The summed E-state index contributed by atoms with van der Waals surface area (Å²) in [5, 5.41) is 4.01. The summed E-state index contributed by atoms with van der Waals surface area (Å²) in [4.78, 5) is 31.6. The highest BCUT2D eigenvalue weighted by Crippen LogP contribution is 2.54. The van der Waals surface area contributed by atoms with Gasteiger partial charge in [0, 0.05) is 32.4 Å². The van der Waals surface area contributed by atoms with E-state index < -0.39 is 21.4 Å². The number of sulfonamides is 1. The summed E-state index contributed by atoms with van der Waals surface area (Å²) in [6.45, 7) is 7.74. The summed E-state index contributed by atoms with van der Waals surface area (Å²) in [7, 11) is -0.596. The maximum Gasteiger partial charge on any atom is 0.243 e. The summed E-state index contributed by atoms with van der Waals surface area (Å²) in [6.07, 6.45) is 1.32. The van der Waals surface area contributed by atoms with E-state index in [0.717, 1.165) is 16.7 Å². The first kappa shape index (κ1) is 22.6. The first-order chi connectivity index (χ1) is 14.0. The van der Waals surface area contributed by atoms with E-state index in [-0.39, 0.29) is 24.4 Å². The van der Waals surface area contributed by atoms with Crippen molar-refractivity contribution < 1.29 is 22.8 Å². The van der Waals surface area contributed by atoms with Crippen LogP contribution in [-0.4, -0.2) is 50.7 Å². The lowest BCUT2D eigenvalue weighted by Crippen LogP contribution is -2.52. The van der Waals surface area contributed by atoms with Gasteiger partial charge in [-0.25, -0.2) is 12.7 Å². The molecule has 30 heavy (non-hydrogen) atoms. The molecule has 8 heteroatoms. The molecular formula is C22H30N2O5S. The molecule has 0 heterocycles. The minimum Gasteiger partial charge on any atom is -0.396 e. The van der Waals surface area contributed by atoms with Crippen LogP contribution in [0.15, 0.2) is 16.1 Å². The largest absolute Gasteiger partial charge is 0.396 e. The maximum absolute atomic E-state index is 13.1. The van der Waals surface area contributed by atoms with Gasteiger partial charge in [0.1, 0.15) is 24.1 Å². The van der Waals surface area contributed by atoms with E-state index in [0.29, 0.717) is 35.6 Å². The van der Waals surface area contributed by atoms with Gasteiger partial charge in [-0.3, -0.25) is 9.59 Å². The summed E-state index contributed by atoms with van der Waals surface area (Å²) >= 11 is 0. The predicted octanol–water partition coefficient (Wildman–Crippen LogP) is 2.70. The second-order valence-electron chi connectivity index (χ2n) is 8.51. The second-order valence-corrected chi connectivity index (χ2v) is 10.6. The SMILES string of the molecule is CCO/N=C(/CC)C1C(=O)CC2(CC1=O)Cc1c2c(C)cc(C)c1S(=O)(=O)N(C)C. The van der Waals surface area contributed by atoms with Crippen molar-refractivity contribution in [2.45, 2.75) is 63.7 Å². The molecule has 0 saturated heterocycles. The van der Waals surface area contributed by atoms with Crippen LogP contribution in [-0.2, 0) is 36.3 Å². The number of Topliss-reactive ketones (excluding diaryl/α,β-unsaturated/α-hetero) is 2. The molecule has 164 valence electrons. The summed E-state index contributed by atoms with van der Waals surface area (Å²) in [5.74, 6) is -1.17. The van der Waals surface area contributed by atoms with Gasteiger partial charge in [-0.05, 0) is 55.9 Å². The van der Waals surface area contributed by atoms with Gasteiger partial charge >= 0.3 is 0 Å². The average Bonchev–Trinajstić information content (AvgIpc) is 2.62. The maximum atomic E-state index is 13.1. The molecule has 2 aliphatic rings. The van der Waals surface area contributed by atoms with Gasteiger partial charge in [0.25, 0.3) is 0 Å². The number of hydrogen-bond acceptors (Lipinski definition) is 6. The highest BCUT2D eigenvalue weighted by atomic mass is 32.2. The molecular weight excluding hydrogens is 404 g/mol. The Balaban J connectivity index is 2.04. The van der Waals surface area contributed by atoms with Gasteiger partial charge < -0.3 is 4.84 Å².